The number of ether oxygens (including phenoxy) is 1. The lowest BCUT2D eigenvalue weighted by Gasteiger charge is -2.40. The number of carboxylic acid groups (broad SMARTS) is 1. The molecule has 1 aromatic carbocycles. The van der Waals surface area contributed by atoms with E-state index in [0.717, 1.165) is 56.0 Å². The van der Waals surface area contributed by atoms with Gasteiger partial charge in [0.1, 0.15) is 18.5 Å². The maximum Gasteiger partial charge on any atom is 0.318 e. The molecule has 3 aliphatic heterocycles. The third-order valence-corrected chi connectivity index (χ3v) is 9.16. The molecule has 1 N–H and O–H groups in total. The number of aromatic nitrogens is 2. The van der Waals surface area contributed by atoms with Gasteiger partial charge in [0.05, 0.1) is 5.69 Å². The van der Waals surface area contributed by atoms with Crippen molar-refractivity contribution in [2.75, 3.05) is 51.3 Å². The average molecular weight is 588 g/mol. The van der Waals surface area contributed by atoms with Crippen molar-refractivity contribution in [3.05, 3.63) is 70.7 Å². The van der Waals surface area contributed by atoms with Gasteiger partial charge in [0.15, 0.2) is 0 Å². The number of benzene rings is 1. The summed E-state index contributed by atoms with van der Waals surface area (Å²) in [5.74, 6) is 0.778. The van der Waals surface area contributed by atoms with Gasteiger partial charge in [-0.2, -0.15) is 9.97 Å². The first-order valence-electron chi connectivity index (χ1n) is 15.1. The summed E-state index contributed by atoms with van der Waals surface area (Å²) in [6.07, 6.45) is 7.13. The zero-order chi connectivity index (χ0) is 30.3. The molecule has 3 atom stereocenters. The van der Waals surface area contributed by atoms with Crippen LogP contribution in [0, 0.1) is 6.57 Å². The topological polar surface area (TPSA) is 107 Å². The number of hydrogen-bond acceptors (Lipinski definition) is 8. The molecule has 43 heavy (non-hydrogen) atoms. The maximum absolute atomic E-state index is 12.5. The van der Waals surface area contributed by atoms with Gasteiger partial charge in [0.25, 0.3) is 6.47 Å². The Hall–Kier alpha value is -4.01. The summed E-state index contributed by atoms with van der Waals surface area (Å²) in [7, 11) is 2.15. The Kier molecular flexibility index (Phi) is 9.89. The van der Waals surface area contributed by atoms with Gasteiger partial charge in [-0.15, -0.1) is 0 Å². The van der Waals surface area contributed by atoms with Crippen molar-refractivity contribution >= 4 is 18.2 Å². The lowest BCUT2D eigenvalue weighted by atomic mass is 9.87. The number of fused-ring (bicyclic) bond motifs is 2. The SMILES string of the molecule is O=CO.[C-]#[N+]C[C@H]1CN(c2nc(OC[C@@H]3CCCN3C)nc3c2CN(C2CCCc4ccccc42)C3)CCN1C(=O)C=C. The lowest BCUT2D eigenvalue weighted by Crippen LogP contribution is -2.56. The minimum atomic E-state index is -0.250. The number of hydrogen-bond donors (Lipinski definition) is 1. The molecule has 2 fully saturated rings. The molecule has 1 aliphatic carbocycles. The number of rotatable bonds is 7. The first-order valence-corrected chi connectivity index (χ1v) is 15.1. The van der Waals surface area contributed by atoms with E-state index in [1.807, 2.05) is 0 Å². The second-order valence-electron chi connectivity index (χ2n) is 11.6. The second kappa shape index (κ2) is 14.0. The molecule has 4 heterocycles. The zero-order valence-corrected chi connectivity index (χ0v) is 24.9. The highest BCUT2D eigenvalue weighted by atomic mass is 16.5. The van der Waals surface area contributed by atoms with Gasteiger partial charge in [-0.05, 0) is 62.9 Å². The fourth-order valence-electron chi connectivity index (χ4n) is 6.97. The van der Waals surface area contributed by atoms with Gasteiger partial charge in [0.2, 0.25) is 12.5 Å². The van der Waals surface area contributed by atoms with Crippen molar-refractivity contribution in [1.29, 1.82) is 0 Å². The van der Waals surface area contributed by atoms with Gasteiger partial charge >= 0.3 is 6.01 Å². The second-order valence-corrected chi connectivity index (χ2v) is 11.6. The van der Waals surface area contributed by atoms with Crippen molar-refractivity contribution in [3.8, 4) is 6.01 Å². The van der Waals surface area contributed by atoms with Crippen LogP contribution >= 0.6 is 0 Å². The monoisotopic (exact) mass is 587 g/mol. The molecule has 11 heteroatoms. The third-order valence-electron chi connectivity index (χ3n) is 9.16. The summed E-state index contributed by atoms with van der Waals surface area (Å²) in [6, 6.07) is 9.82. The number of aryl methyl sites for hydroxylation is 1. The van der Waals surface area contributed by atoms with Crippen LogP contribution in [-0.4, -0.2) is 101 Å². The molecule has 2 aromatic rings. The third kappa shape index (κ3) is 6.65. The number of carbonyl (C=O) groups is 2. The molecular weight excluding hydrogens is 546 g/mol. The summed E-state index contributed by atoms with van der Waals surface area (Å²) in [6.45, 7) is 16.1. The molecule has 1 unspecified atom stereocenters. The zero-order valence-electron chi connectivity index (χ0n) is 24.9. The molecule has 0 radical (unpaired) electrons. The molecule has 0 bridgehead atoms. The Balaban J connectivity index is 0.00000118. The first kappa shape index (κ1) is 30.4. The minimum absolute atomic E-state index is 0.118. The van der Waals surface area contributed by atoms with Crippen molar-refractivity contribution in [2.24, 2.45) is 0 Å². The van der Waals surface area contributed by atoms with E-state index in [0.29, 0.717) is 44.3 Å². The van der Waals surface area contributed by atoms with E-state index in [-0.39, 0.29) is 25.0 Å². The molecule has 0 spiro atoms. The minimum Gasteiger partial charge on any atom is -0.483 e. The van der Waals surface area contributed by atoms with Crippen LogP contribution in [-0.2, 0) is 29.1 Å². The molecule has 11 nitrogen and oxygen atoms in total. The molecule has 4 aliphatic rings. The smallest absolute Gasteiger partial charge is 0.318 e. The van der Waals surface area contributed by atoms with Gasteiger partial charge in [0, 0.05) is 50.4 Å². The van der Waals surface area contributed by atoms with Crippen LogP contribution in [0.2, 0.25) is 0 Å². The summed E-state index contributed by atoms with van der Waals surface area (Å²) < 4.78 is 6.27. The van der Waals surface area contributed by atoms with Crippen LogP contribution < -0.4 is 9.64 Å². The standard InChI is InChI=1S/C31H39N7O2.CH2O2/c1-4-29(39)38-16-15-36(18-24(38)17-32-2)30-26-19-37(28-13-7-10-22-9-5-6-12-25(22)28)20-27(26)33-31(34-30)40-21-23-11-8-14-35(23)3;2-1-3/h4-6,9,12,23-24,28H,1,7-8,10-11,13-21H2,3H3;1H,(H,2,3)/t23-,24-,28?;/m0./s1. The van der Waals surface area contributed by atoms with E-state index in [9.17, 15) is 4.79 Å². The van der Waals surface area contributed by atoms with E-state index in [2.05, 4.69) is 57.4 Å². The van der Waals surface area contributed by atoms with Crippen LogP contribution in [0.3, 0.4) is 0 Å². The van der Waals surface area contributed by atoms with Crippen molar-refractivity contribution in [2.45, 2.75) is 63.3 Å². The van der Waals surface area contributed by atoms with Gasteiger partial charge in [-0.3, -0.25) is 14.5 Å². The van der Waals surface area contributed by atoms with Gasteiger partial charge in [-0.1, -0.05) is 30.8 Å². The van der Waals surface area contributed by atoms with Gasteiger partial charge < -0.3 is 29.4 Å². The van der Waals surface area contributed by atoms with Crippen molar-refractivity contribution in [3.63, 3.8) is 0 Å². The van der Waals surface area contributed by atoms with Crippen molar-refractivity contribution < 1.29 is 19.4 Å². The normalized spacial score (nSPS) is 23.4. The number of amides is 1. The Labute approximate surface area is 253 Å². The number of piperazine rings is 1. The summed E-state index contributed by atoms with van der Waals surface area (Å²) in [5, 5.41) is 6.89. The fraction of sp³-hybridized carbons (Fsp3) is 0.531. The summed E-state index contributed by atoms with van der Waals surface area (Å²) in [5.41, 5.74) is 5.08. The first-order chi connectivity index (χ1) is 21.0. The molecule has 228 valence electrons. The number of anilines is 1. The largest absolute Gasteiger partial charge is 0.483 e. The van der Waals surface area contributed by atoms with E-state index in [1.54, 1.807) is 4.90 Å². The van der Waals surface area contributed by atoms with Gasteiger partial charge in [-0.25, -0.2) is 6.57 Å². The molecule has 0 saturated carbocycles. The average Bonchev–Trinajstić information content (AvgIpc) is 3.65. The number of likely N-dealkylation sites (N-methyl/N-ethyl adjacent to an activating group) is 1. The predicted molar refractivity (Wildman–Crippen MR) is 163 cm³/mol. The highest BCUT2D eigenvalue weighted by Gasteiger charge is 2.38. The molecular formula is C32H41N7O4. The summed E-state index contributed by atoms with van der Waals surface area (Å²) in [4.78, 5) is 43.4. The van der Waals surface area contributed by atoms with E-state index in [4.69, 9.17) is 31.2 Å². The number of nitrogens with zero attached hydrogens (tertiary/aromatic N) is 7. The van der Waals surface area contributed by atoms with Crippen LogP contribution in [0.4, 0.5) is 5.82 Å². The maximum atomic E-state index is 12.5. The number of carbonyl (C=O) groups excluding carboxylic acids is 1. The van der Waals surface area contributed by atoms with Crippen molar-refractivity contribution in [1.82, 2.24) is 24.7 Å². The van der Waals surface area contributed by atoms with E-state index >= 15 is 0 Å². The quantitative estimate of drug-likeness (QED) is 0.297. The Morgan fingerprint density at radius 3 is 2.72 bits per heavy atom. The van der Waals surface area contributed by atoms with E-state index < -0.39 is 0 Å². The van der Waals surface area contributed by atoms with Crippen LogP contribution in [0.15, 0.2) is 36.9 Å². The Morgan fingerprint density at radius 2 is 1.98 bits per heavy atom. The van der Waals surface area contributed by atoms with Crippen LogP contribution in [0.5, 0.6) is 6.01 Å². The predicted octanol–water partition coefficient (Wildman–Crippen LogP) is 3.17. The van der Waals surface area contributed by atoms with Crippen LogP contribution in [0.25, 0.3) is 4.85 Å². The fourth-order valence-corrected chi connectivity index (χ4v) is 6.97. The lowest BCUT2D eigenvalue weighted by molar-refractivity contribution is -0.128. The Morgan fingerprint density at radius 1 is 1.16 bits per heavy atom. The van der Waals surface area contributed by atoms with Crippen LogP contribution in [0.1, 0.15) is 54.1 Å². The van der Waals surface area contributed by atoms with E-state index in [1.165, 1.54) is 30.0 Å². The highest BCUT2D eigenvalue weighted by molar-refractivity contribution is 5.87. The molecule has 1 aromatic heterocycles. The molecule has 1 amide bonds. The molecule has 6 rings (SSSR count). The Bertz CT molecular complexity index is 1360. The summed E-state index contributed by atoms with van der Waals surface area (Å²) >= 11 is 0. The molecule has 2 saturated heterocycles. The number of likely N-dealkylation sites (tertiary alicyclic amines) is 1. The highest BCUT2D eigenvalue weighted by Crippen LogP contribution is 2.41.